The highest BCUT2D eigenvalue weighted by Gasteiger charge is 2.18. The molecule has 0 aliphatic rings. The van der Waals surface area contributed by atoms with Crippen LogP contribution in [0.25, 0.3) is 5.69 Å². The van der Waals surface area contributed by atoms with E-state index < -0.39 is 0 Å². The van der Waals surface area contributed by atoms with Crippen LogP contribution in [-0.4, -0.2) is 27.6 Å². The molecule has 25 heavy (non-hydrogen) atoms. The Labute approximate surface area is 152 Å². The number of benzene rings is 1. The van der Waals surface area contributed by atoms with Crippen molar-refractivity contribution in [3.05, 3.63) is 69.2 Å². The first-order chi connectivity index (χ1) is 12.0. The van der Waals surface area contributed by atoms with Crippen LogP contribution in [0.1, 0.15) is 27.4 Å². The normalized spacial score (nSPS) is 10.9. The second kappa shape index (κ2) is 7.23. The van der Waals surface area contributed by atoms with Crippen LogP contribution < -0.4 is 0 Å². The van der Waals surface area contributed by atoms with E-state index >= 15 is 0 Å². The maximum atomic E-state index is 12.7. The predicted octanol–water partition coefficient (Wildman–Crippen LogP) is 4.06. The topological polar surface area (TPSA) is 38.1 Å². The first-order valence-corrected chi connectivity index (χ1v) is 9.22. The molecule has 0 bridgehead atoms. The van der Waals surface area contributed by atoms with Gasteiger partial charge in [0.2, 0.25) is 5.91 Å². The van der Waals surface area contributed by atoms with Crippen LogP contribution in [0.4, 0.5) is 0 Å². The first kappa shape index (κ1) is 17.4. The largest absolute Gasteiger partial charge is 0.340 e. The van der Waals surface area contributed by atoms with Gasteiger partial charge in [0, 0.05) is 23.2 Å². The van der Waals surface area contributed by atoms with Gasteiger partial charge in [0.1, 0.15) is 0 Å². The van der Waals surface area contributed by atoms with E-state index in [0.717, 1.165) is 22.6 Å². The maximum Gasteiger partial charge on any atom is 0.227 e. The van der Waals surface area contributed by atoms with Crippen molar-refractivity contribution in [2.24, 2.45) is 0 Å². The number of hydrogen-bond acceptors (Lipinski definition) is 3. The zero-order valence-corrected chi connectivity index (χ0v) is 15.9. The Morgan fingerprint density at radius 2 is 1.88 bits per heavy atom. The van der Waals surface area contributed by atoms with E-state index in [9.17, 15) is 4.79 Å². The number of carbonyl (C=O) groups excluding carboxylic acids is 1. The van der Waals surface area contributed by atoms with E-state index in [4.69, 9.17) is 0 Å². The molecule has 0 atom stereocenters. The van der Waals surface area contributed by atoms with Gasteiger partial charge in [-0.3, -0.25) is 4.79 Å². The average Bonchev–Trinajstić information content (AvgIpc) is 3.13. The molecule has 0 saturated heterocycles. The third kappa shape index (κ3) is 3.66. The predicted molar refractivity (Wildman–Crippen MR) is 102 cm³/mol. The monoisotopic (exact) mass is 353 g/mol. The van der Waals surface area contributed by atoms with Crippen LogP contribution in [0, 0.1) is 20.8 Å². The highest BCUT2D eigenvalue weighted by molar-refractivity contribution is 7.10. The molecule has 0 spiro atoms. The lowest BCUT2D eigenvalue weighted by Crippen LogP contribution is -2.28. The van der Waals surface area contributed by atoms with Crippen molar-refractivity contribution in [3.8, 4) is 5.69 Å². The molecule has 0 aliphatic heterocycles. The zero-order chi connectivity index (χ0) is 18.0. The van der Waals surface area contributed by atoms with Gasteiger partial charge in [-0.1, -0.05) is 18.2 Å². The number of rotatable bonds is 5. The summed E-state index contributed by atoms with van der Waals surface area (Å²) in [5, 5.41) is 6.70. The second-order valence-electron chi connectivity index (χ2n) is 6.35. The van der Waals surface area contributed by atoms with Gasteiger partial charge >= 0.3 is 0 Å². The van der Waals surface area contributed by atoms with E-state index in [0.29, 0.717) is 13.0 Å². The molecule has 2 aromatic heterocycles. The molecule has 0 saturated carbocycles. The highest BCUT2D eigenvalue weighted by atomic mass is 32.1. The number of aryl methyl sites for hydroxylation is 2. The van der Waals surface area contributed by atoms with Gasteiger partial charge in [0.25, 0.3) is 0 Å². The maximum absolute atomic E-state index is 12.7. The van der Waals surface area contributed by atoms with E-state index in [1.165, 1.54) is 10.4 Å². The van der Waals surface area contributed by atoms with Crippen molar-refractivity contribution in [2.45, 2.75) is 33.7 Å². The standard InChI is InChI=1S/C20H23N3OS/c1-14-10-11-25-19(14)13-22(4)20(24)12-18-15(2)21-23(16(18)3)17-8-6-5-7-9-17/h5-11H,12-13H2,1-4H3. The lowest BCUT2D eigenvalue weighted by Gasteiger charge is -2.17. The minimum absolute atomic E-state index is 0.117. The summed E-state index contributed by atoms with van der Waals surface area (Å²) in [5.41, 5.74) is 5.22. The summed E-state index contributed by atoms with van der Waals surface area (Å²) in [6.07, 6.45) is 0.380. The summed E-state index contributed by atoms with van der Waals surface area (Å²) in [4.78, 5) is 15.7. The molecule has 2 heterocycles. The van der Waals surface area contributed by atoms with Crippen molar-refractivity contribution in [1.29, 1.82) is 0 Å². The summed E-state index contributed by atoms with van der Waals surface area (Å²) in [6, 6.07) is 12.1. The van der Waals surface area contributed by atoms with Gasteiger partial charge in [0.05, 0.1) is 24.3 Å². The SMILES string of the molecule is Cc1ccsc1CN(C)C(=O)Cc1c(C)nn(-c2ccccc2)c1C. The molecule has 0 fully saturated rings. The molecule has 5 heteroatoms. The molecule has 1 aromatic carbocycles. The Morgan fingerprint density at radius 1 is 1.16 bits per heavy atom. The summed E-state index contributed by atoms with van der Waals surface area (Å²) in [7, 11) is 1.87. The van der Waals surface area contributed by atoms with Crippen LogP contribution in [0.5, 0.6) is 0 Å². The number of carbonyl (C=O) groups is 1. The van der Waals surface area contributed by atoms with E-state index in [-0.39, 0.29) is 5.91 Å². The van der Waals surface area contributed by atoms with E-state index in [1.807, 2.05) is 55.9 Å². The van der Waals surface area contributed by atoms with E-state index in [1.54, 1.807) is 16.2 Å². The van der Waals surface area contributed by atoms with Gasteiger partial charge in [0.15, 0.2) is 0 Å². The highest BCUT2D eigenvalue weighted by Crippen LogP contribution is 2.21. The average molecular weight is 353 g/mol. The number of thiophene rings is 1. The Kier molecular flexibility index (Phi) is 5.04. The zero-order valence-electron chi connectivity index (χ0n) is 15.1. The van der Waals surface area contributed by atoms with Gasteiger partial charge in [-0.2, -0.15) is 5.10 Å². The van der Waals surface area contributed by atoms with Crippen molar-refractivity contribution in [2.75, 3.05) is 7.05 Å². The van der Waals surface area contributed by atoms with Crippen molar-refractivity contribution >= 4 is 17.2 Å². The van der Waals surface area contributed by atoms with Gasteiger partial charge in [-0.15, -0.1) is 11.3 Å². The molecule has 3 rings (SSSR count). The summed E-state index contributed by atoms with van der Waals surface area (Å²) in [6.45, 7) is 6.74. The Balaban J connectivity index is 1.77. The molecule has 3 aromatic rings. The number of aromatic nitrogens is 2. The fraction of sp³-hybridized carbons (Fsp3) is 0.300. The molecule has 0 radical (unpaired) electrons. The molecule has 0 N–H and O–H groups in total. The fourth-order valence-corrected chi connectivity index (χ4v) is 3.87. The quantitative estimate of drug-likeness (QED) is 0.694. The lowest BCUT2D eigenvalue weighted by molar-refractivity contribution is -0.129. The van der Waals surface area contributed by atoms with Crippen LogP contribution >= 0.6 is 11.3 Å². The van der Waals surface area contributed by atoms with Crippen LogP contribution in [-0.2, 0) is 17.8 Å². The van der Waals surface area contributed by atoms with Crippen LogP contribution in [0.15, 0.2) is 41.8 Å². The molecule has 1 amide bonds. The van der Waals surface area contributed by atoms with Gasteiger partial charge in [-0.05, 0) is 49.9 Å². The molecular weight excluding hydrogens is 330 g/mol. The number of nitrogens with zero attached hydrogens (tertiary/aromatic N) is 3. The fourth-order valence-electron chi connectivity index (χ4n) is 2.91. The number of para-hydroxylation sites is 1. The third-order valence-corrected chi connectivity index (χ3v) is 5.55. The summed E-state index contributed by atoms with van der Waals surface area (Å²) >= 11 is 1.70. The van der Waals surface area contributed by atoms with Gasteiger partial charge < -0.3 is 4.90 Å². The lowest BCUT2D eigenvalue weighted by atomic mass is 10.1. The molecule has 4 nitrogen and oxygen atoms in total. The second-order valence-corrected chi connectivity index (χ2v) is 7.35. The first-order valence-electron chi connectivity index (χ1n) is 8.35. The number of likely N-dealkylation sites (N-methyl/N-ethyl adjacent to an activating group) is 1. The van der Waals surface area contributed by atoms with Crippen molar-refractivity contribution in [3.63, 3.8) is 0 Å². The minimum atomic E-state index is 0.117. The molecule has 0 unspecified atom stereocenters. The third-order valence-electron chi connectivity index (χ3n) is 4.54. The summed E-state index contributed by atoms with van der Waals surface area (Å²) < 4.78 is 1.92. The van der Waals surface area contributed by atoms with Crippen LogP contribution in [0.2, 0.25) is 0 Å². The minimum Gasteiger partial charge on any atom is -0.340 e. The van der Waals surface area contributed by atoms with Gasteiger partial charge in [-0.25, -0.2) is 4.68 Å². The molecule has 130 valence electrons. The molecular formula is C20H23N3OS. The number of amides is 1. The Bertz CT molecular complexity index is 880. The Hall–Kier alpha value is -2.40. The molecule has 0 aliphatic carbocycles. The summed E-state index contributed by atoms with van der Waals surface area (Å²) in [5.74, 6) is 0.117. The Morgan fingerprint density at radius 3 is 2.52 bits per heavy atom. The smallest absolute Gasteiger partial charge is 0.227 e. The van der Waals surface area contributed by atoms with Crippen molar-refractivity contribution in [1.82, 2.24) is 14.7 Å². The number of hydrogen-bond donors (Lipinski definition) is 0. The van der Waals surface area contributed by atoms with E-state index in [2.05, 4.69) is 23.5 Å². The van der Waals surface area contributed by atoms with Crippen LogP contribution in [0.3, 0.4) is 0 Å². The van der Waals surface area contributed by atoms with Crippen molar-refractivity contribution < 1.29 is 4.79 Å².